The molecule has 0 bridgehead atoms. The third kappa shape index (κ3) is 5.51. The molecule has 4 aromatic heterocycles. The van der Waals surface area contributed by atoms with E-state index in [1.165, 1.54) is 24.8 Å². The maximum atomic E-state index is 4.71. The van der Waals surface area contributed by atoms with Crippen molar-refractivity contribution in [3.05, 3.63) is 66.5 Å². The van der Waals surface area contributed by atoms with Gasteiger partial charge >= 0.3 is 0 Å². The third-order valence-corrected chi connectivity index (χ3v) is 8.00. The summed E-state index contributed by atoms with van der Waals surface area (Å²) in [4.78, 5) is 21.1. The molecule has 4 aromatic rings. The number of nitrogens with one attached hydrogen (secondary N) is 2. The normalized spacial score (nSPS) is 17.0. The van der Waals surface area contributed by atoms with Crippen LogP contribution in [0.3, 0.4) is 0 Å². The van der Waals surface area contributed by atoms with Crippen LogP contribution in [-0.2, 0) is 6.54 Å². The molecule has 0 spiro atoms. The molecule has 0 radical (unpaired) electrons. The summed E-state index contributed by atoms with van der Waals surface area (Å²) in [5.74, 6) is 0. The predicted octanol–water partition coefficient (Wildman–Crippen LogP) is 4.54. The monoisotopic (exact) mass is 523 g/mol. The summed E-state index contributed by atoms with van der Waals surface area (Å²) < 4.78 is 0. The summed E-state index contributed by atoms with van der Waals surface area (Å²) in [5, 5.41) is 12.2. The molecule has 39 heavy (non-hydrogen) atoms. The number of aromatic amines is 1. The maximum Gasteiger partial charge on any atom is 0.116 e. The van der Waals surface area contributed by atoms with Crippen LogP contribution in [0.2, 0.25) is 0 Å². The van der Waals surface area contributed by atoms with Crippen molar-refractivity contribution in [2.75, 3.05) is 56.5 Å². The van der Waals surface area contributed by atoms with Crippen LogP contribution < -0.4 is 10.2 Å². The van der Waals surface area contributed by atoms with Gasteiger partial charge in [0.15, 0.2) is 0 Å². The summed E-state index contributed by atoms with van der Waals surface area (Å²) in [6.07, 6.45) is 13.4. The summed E-state index contributed by atoms with van der Waals surface area (Å²) in [6, 6.07) is 4.29. The van der Waals surface area contributed by atoms with E-state index in [4.69, 9.17) is 4.98 Å². The van der Waals surface area contributed by atoms with E-state index in [0.29, 0.717) is 0 Å². The fraction of sp³-hybridized carbons (Fsp3) is 0.400. The Morgan fingerprint density at radius 3 is 2.56 bits per heavy atom. The van der Waals surface area contributed by atoms with Gasteiger partial charge < -0.3 is 15.1 Å². The van der Waals surface area contributed by atoms with Gasteiger partial charge in [0.25, 0.3) is 0 Å². The number of hydrogen-bond donors (Lipinski definition) is 2. The van der Waals surface area contributed by atoms with E-state index in [0.717, 1.165) is 96.3 Å². The minimum Gasteiger partial charge on any atom is -0.367 e. The van der Waals surface area contributed by atoms with Gasteiger partial charge in [-0.3, -0.25) is 25.0 Å². The molecule has 2 N–H and O–H groups in total. The number of piperidine rings is 1. The molecule has 2 aliphatic rings. The summed E-state index contributed by atoms with van der Waals surface area (Å²) in [6.45, 7) is 13.8. The average Bonchev–Trinajstić information content (AvgIpc) is 3.39. The molecular weight excluding hydrogens is 486 g/mol. The van der Waals surface area contributed by atoms with Gasteiger partial charge in [0.05, 0.1) is 46.9 Å². The lowest BCUT2D eigenvalue weighted by Crippen LogP contribution is -2.44. The second kappa shape index (κ2) is 11.1. The molecule has 0 aliphatic carbocycles. The van der Waals surface area contributed by atoms with E-state index in [2.05, 4.69) is 72.9 Å². The van der Waals surface area contributed by atoms with Crippen LogP contribution >= 0.6 is 0 Å². The number of likely N-dealkylation sites (tertiary alicyclic amines) is 1. The zero-order valence-corrected chi connectivity index (χ0v) is 23.0. The molecule has 0 unspecified atom stereocenters. The van der Waals surface area contributed by atoms with Crippen LogP contribution in [0.4, 0.5) is 11.4 Å². The number of piperazine rings is 1. The Labute approximate surface area is 230 Å². The smallest absolute Gasteiger partial charge is 0.116 e. The molecule has 202 valence electrons. The van der Waals surface area contributed by atoms with Crippen LogP contribution in [0.15, 0.2) is 49.7 Å². The first-order valence-electron chi connectivity index (χ1n) is 13.9. The van der Waals surface area contributed by atoms with Crippen molar-refractivity contribution < 1.29 is 0 Å². The zero-order valence-electron chi connectivity index (χ0n) is 23.0. The number of likely N-dealkylation sites (N-methyl/N-ethyl adjacent to an activating group) is 1. The van der Waals surface area contributed by atoms with Crippen molar-refractivity contribution in [3.8, 4) is 11.3 Å². The highest BCUT2D eigenvalue weighted by Crippen LogP contribution is 2.31. The van der Waals surface area contributed by atoms with E-state index in [-0.39, 0.29) is 0 Å². The van der Waals surface area contributed by atoms with Crippen molar-refractivity contribution in [3.63, 3.8) is 0 Å². The molecule has 0 atom stereocenters. The minimum absolute atomic E-state index is 0.718. The third-order valence-electron chi connectivity index (χ3n) is 8.00. The van der Waals surface area contributed by atoms with Crippen molar-refractivity contribution in [1.82, 2.24) is 34.9 Å². The predicted molar refractivity (Wildman–Crippen MR) is 158 cm³/mol. The SMILES string of the molecule is C=C(Nc1cncc(N2CCN(C)CC2)c1C)c1n[nH]c2cnc(-c3cncc(CN4CCCCC4)c3)cc12. The number of pyridine rings is 3. The summed E-state index contributed by atoms with van der Waals surface area (Å²) in [7, 11) is 2.17. The Morgan fingerprint density at radius 2 is 1.74 bits per heavy atom. The maximum absolute atomic E-state index is 4.71. The Morgan fingerprint density at radius 1 is 0.949 bits per heavy atom. The molecule has 6 rings (SSSR count). The summed E-state index contributed by atoms with van der Waals surface area (Å²) in [5.41, 5.74) is 8.74. The Hall–Kier alpha value is -3.82. The molecule has 2 saturated heterocycles. The molecule has 0 amide bonds. The summed E-state index contributed by atoms with van der Waals surface area (Å²) >= 11 is 0. The second-order valence-electron chi connectivity index (χ2n) is 10.8. The molecule has 0 saturated carbocycles. The average molecular weight is 524 g/mol. The van der Waals surface area contributed by atoms with Crippen molar-refractivity contribution >= 4 is 28.0 Å². The fourth-order valence-corrected chi connectivity index (χ4v) is 5.62. The van der Waals surface area contributed by atoms with E-state index >= 15 is 0 Å². The van der Waals surface area contributed by atoms with E-state index in [9.17, 15) is 0 Å². The van der Waals surface area contributed by atoms with Crippen LogP contribution in [0, 0.1) is 6.92 Å². The lowest BCUT2D eigenvalue weighted by atomic mass is 10.1. The Bertz CT molecular complexity index is 1460. The minimum atomic E-state index is 0.718. The highest BCUT2D eigenvalue weighted by Gasteiger charge is 2.19. The van der Waals surface area contributed by atoms with Crippen LogP contribution in [0.5, 0.6) is 0 Å². The number of H-pyrrole nitrogens is 1. The lowest BCUT2D eigenvalue weighted by molar-refractivity contribution is 0.220. The van der Waals surface area contributed by atoms with Gasteiger partial charge in [-0.05, 0) is 63.2 Å². The van der Waals surface area contributed by atoms with Crippen LogP contribution in [0.25, 0.3) is 27.9 Å². The first-order valence-corrected chi connectivity index (χ1v) is 13.9. The molecule has 9 nitrogen and oxygen atoms in total. The quantitative estimate of drug-likeness (QED) is 0.365. The Kier molecular flexibility index (Phi) is 7.26. The van der Waals surface area contributed by atoms with Crippen molar-refractivity contribution in [1.29, 1.82) is 0 Å². The van der Waals surface area contributed by atoms with E-state index in [1.807, 2.05) is 31.0 Å². The van der Waals surface area contributed by atoms with Gasteiger partial charge in [0.2, 0.25) is 0 Å². The second-order valence-corrected chi connectivity index (χ2v) is 10.8. The fourth-order valence-electron chi connectivity index (χ4n) is 5.62. The number of rotatable bonds is 7. The topological polar surface area (TPSA) is 89.1 Å². The standard InChI is InChI=1S/C30H37N9/c1-21-27(17-32-19-29(21)39-11-9-37(3)10-12-39)34-22(2)30-25-14-26(33-18-28(25)35-36-30)24-13-23(15-31-16-24)20-38-7-5-4-6-8-38/h13-19,34H,2,4-12,20H2,1,3H3,(H,35,36). The van der Waals surface area contributed by atoms with Crippen molar-refractivity contribution in [2.45, 2.75) is 32.7 Å². The molecule has 2 aliphatic heterocycles. The number of fused-ring (bicyclic) bond motifs is 1. The molecule has 0 aromatic carbocycles. The number of aromatic nitrogens is 5. The number of nitrogens with zero attached hydrogens (tertiary/aromatic N) is 7. The van der Waals surface area contributed by atoms with Crippen LogP contribution in [-0.4, -0.2) is 81.3 Å². The van der Waals surface area contributed by atoms with Gasteiger partial charge in [-0.2, -0.15) is 5.10 Å². The largest absolute Gasteiger partial charge is 0.367 e. The van der Waals surface area contributed by atoms with Gasteiger partial charge in [-0.25, -0.2) is 0 Å². The number of anilines is 2. The number of hydrogen-bond acceptors (Lipinski definition) is 8. The van der Waals surface area contributed by atoms with Gasteiger partial charge in [0.1, 0.15) is 5.69 Å². The Balaban J connectivity index is 1.23. The molecule has 2 fully saturated rings. The van der Waals surface area contributed by atoms with Crippen LogP contribution in [0.1, 0.15) is 36.1 Å². The van der Waals surface area contributed by atoms with Crippen molar-refractivity contribution in [2.24, 2.45) is 0 Å². The highest BCUT2D eigenvalue weighted by molar-refractivity contribution is 5.94. The van der Waals surface area contributed by atoms with Gasteiger partial charge in [-0.1, -0.05) is 13.0 Å². The first kappa shape index (κ1) is 25.5. The van der Waals surface area contributed by atoms with Gasteiger partial charge in [0, 0.05) is 56.1 Å². The van der Waals surface area contributed by atoms with E-state index in [1.54, 1.807) is 0 Å². The highest BCUT2D eigenvalue weighted by atomic mass is 15.3. The van der Waals surface area contributed by atoms with E-state index < -0.39 is 0 Å². The molecule has 6 heterocycles. The molecule has 9 heteroatoms. The lowest BCUT2D eigenvalue weighted by Gasteiger charge is -2.35. The molecular formula is C30H37N9. The first-order chi connectivity index (χ1) is 19.0. The van der Waals surface area contributed by atoms with Gasteiger partial charge in [-0.15, -0.1) is 0 Å². The zero-order chi connectivity index (χ0) is 26.8.